The standard InChI is InChI=1S/C15H23N3O2/c1-11(2)8-9-16-15(20)17-13-7-5-6-12(10-13)14(19)18(3)4/h5-7,10-11H,8-9H2,1-4H3,(H2,16,17,20). The second-order valence-electron chi connectivity index (χ2n) is 5.34. The highest BCUT2D eigenvalue weighted by atomic mass is 16.2. The van der Waals surface area contributed by atoms with Gasteiger partial charge in [-0.15, -0.1) is 0 Å². The Morgan fingerprint density at radius 2 is 1.95 bits per heavy atom. The Hall–Kier alpha value is -2.04. The highest BCUT2D eigenvalue weighted by Crippen LogP contribution is 2.11. The first-order valence-corrected chi connectivity index (χ1v) is 6.76. The molecule has 1 aromatic carbocycles. The summed E-state index contributed by atoms with van der Waals surface area (Å²) in [6.45, 7) is 4.85. The van der Waals surface area contributed by atoms with Gasteiger partial charge in [0.05, 0.1) is 0 Å². The van der Waals surface area contributed by atoms with Gasteiger partial charge in [-0.05, 0) is 30.5 Å². The van der Waals surface area contributed by atoms with E-state index < -0.39 is 0 Å². The summed E-state index contributed by atoms with van der Waals surface area (Å²) in [7, 11) is 3.39. The van der Waals surface area contributed by atoms with Crippen molar-refractivity contribution in [1.29, 1.82) is 0 Å². The maximum Gasteiger partial charge on any atom is 0.319 e. The summed E-state index contributed by atoms with van der Waals surface area (Å²) < 4.78 is 0. The number of amides is 3. The number of hydrogen-bond acceptors (Lipinski definition) is 2. The Labute approximate surface area is 120 Å². The first-order chi connectivity index (χ1) is 9.40. The highest BCUT2D eigenvalue weighted by Gasteiger charge is 2.09. The van der Waals surface area contributed by atoms with E-state index in [1.54, 1.807) is 38.4 Å². The zero-order valence-electron chi connectivity index (χ0n) is 12.6. The maximum atomic E-state index is 11.8. The largest absolute Gasteiger partial charge is 0.345 e. The second kappa shape index (κ2) is 7.53. The van der Waals surface area contributed by atoms with Crippen LogP contribution in [0.2, 0.25) is 0 Å². The van der Waals surface area contributed by atoms with Crippen LogP contribution < -0.4 is 10.6 Å². The van der Waals surface area contributed by atoms with E-state index in [9.17, 15) is 9.59 Å². The molecule has 3 amide bonds. The lowest BCUT2D eigenvalue weighted by molar-refractivity contribution is 0.0827. The predicted octanol–water partition coefficient (Wildman–Crippen LogP) is 2.56. The van der Waals surface area contributed by atoms with Crippen LogP contribution in [0.25, 0.3) is 0 Å². The third-order valence-corrected chi connectivity index (χ3v) is 2.78. The average Bonchev–Trinajstić information content (AvgIpc) is 2.37. The SMILES string of the molecule is CC(C)CCNC(=O)Nc1cccc(C(=O)N(C)C)c1. The van der Waals surface area contributed by atoms with Crippen molar-refractivity contribution in [3.63, 3.8) is 0 Å². The number of carbonyl (C=O) groups excluding carboxylic acids is 2. The third kappa shape index (κ3) is 5.30. The van der Waals surface area contributed by atoms with Crippen LogP contribution in [-0.4, -0.2) is 37.5 Å². The minimum absolute atomic E-state index is 0.0890. The molecule has 0 atom stereocenters. The van der Waals surface area contributed by atoms with Crippen LogP contribution in [0.4, 0.5) is 10.5 Å². The maximum absolute atomic E-state index is 11.8. The molecule has 0 aliphatic rings. The fourth-order valence-electron chi connectivity index (χ4n) is 1.64. The van der Waals surface area contributed by atoms with E-state index in [1.807, 2.05) is 0 Å². The molecule has 0 aliphatic carbocycles. The molecule has 0 saturated carbocycles. The average molecular weight is 277 g/mol. The lowest BCUT2D eigenvalue weighted by Crippen LogP contribution is -2.30. The fraction of sp³-hybridized carbons (Fsp3) is 0.467. The first kappa shape index (κ1) is 16.0. The topological polar surface area (TPSA) is 61.4 Å². The Balaban J connectivity index is 2.58. The molecular weight excluding hydrogens is 254 g/mol. The molecule has 0 radical (unpaired) electrons. The Bertz CT molecular complexity index is 470. The van der Waals surface area contributed by atoms with Gasteiger partial charge in [0.25, 0.3) is 5.91 Å². The molecular formula is C15H23N3O2. The number of rotatable bonds is 5. The minimum atomic E-state index is -0.250. The molecule has 0 spiro atoms. The van der Waals surface area contributed by atoms with Gasteiger partial charge in [-0.3, -0.25) is 4.79 Å². The summed E-state index contributed by atoms with van der Waals surface area (Å²) in [4.78, 5) is 25.0. The minimum Gasteiger partial charge on any atom is -0.345 e. The molecule has 20 heavy (non-hydrogen) atoms. The van der Waals surface area contributed by atoms with E-state index in [2.05, 4.69) is 24.5 Å². The third-order valence-electron chi connectivity index (χ3n) is 2.78. The van der Waals surface area contributed by atoms with E-state index in [-0.39, 0.29) is 11.9 Å². The van der Waals surface area contributed by atoms with Crippen molar-refractivity contribution in [2.75, 3.05) is 26.0 Å². The molecule has 0 aromatic heterocycles. The van der Waals surface area contributed by atoms with E-state index in [0.717, 1.165) is 6.42 Å². The van der Waals surface area contributed by atoms with Crippen molar-refractivity contribution >= 4 is 17.6 Å². The molecule has 2 N–H and O–H groups in total. The monoisotopic (exact) mass is 277 g/mol. The Morgan fingerprint density at radius 1 is 1.25 bits per heavy atom. The summed E-state index contributed by atoms with van der Waals surface area (Å²) in [5.41, 5.74) is 1.16. The van der Waals surface area contributed by atoms with Gasteiger partial charge in [-0.2, -0.15) is 0 Å². The summed E-state index contributed by atoms with van der Waals surface area (Å²) in [5, 5.41) is 5.52. The van der Waals surface area contributed by atoms with Gasteiger partial charge in [0.1, 0.15) is 0 Å². The molecule has 110 valence electrons. The van der Waals surface area contributed by atoms with Gasteiger partial charge in [-0.1, -0.05) is 19.9 Å². The molecule has 1 rings (SSSR count). The van der Waals surface area contributed by atoms with Crippen LogP contribution in [0.15, 0.2) is 24.3 Å². The molecule has 0 heterocycles. The highest BCUT2D eigenvalue weighted by molar-refractivity contribution is 5.96. The quantitative estimate of drug-likeness (QED) is 0.869. The van der Waals surface area contributed by atoms with Crippen molar-refractivity contribution in [2.24, 2.45) is 5.92 Å². The van der Waals surface area contributed by atoms with Crippen molar-refractivity contribution < 1.29 is 9.59 Å². The van der Waals surface area contributed by atoms with Crippen molar-refractivity contribution in [3.05, 3.63) is 29.8 Å². The number of nitrogens with zero attached hydrogens (tertiary/aromatic N) is 1. The van der Waals surface area contributed by atoms with Crippen molar-refractivity contribution in [3.8, 4) is 0 Å². The van der Waals surface area contributed by atoms with E-state index in [4.69, 9.17) is 0 Å². The molecule has 1 aromatic rings. The smallest absolute Gasteiger partial charge is 0.319 e. The van der Waals surface area contributed by atoms with Crippen LogP contribution in [0.1, 0.15) is 30.6 Å². The van der Waals surface area contributed by atoms with Gasteiger partial charge in [0.2, 0.25) is 0 Å². The first-order valence-electron chi connectivity index (χ1n) is 6.76. The number of hydrogen-bond donors (Lipinski definition) is 2. The predicted molar refractivity (Wildman–Crippen MR) is 80.9 cm³/mol. The lowest BCUT2D eigenvalue weighted by Gasteiger charge is -2.12. The zero-order valence-corrected chi connectivity index (χ0v) is 12.6. The lowest BCUT2D eigenvalue weighted by atomic mass is 10.1. The zero-order chi connectivity index (χ0) is 15.1. The molecule has 0 unspecified atom stereocenters. The van der Waals surface area contributed by atoms with Crippen molar-refractivity contribution in [1.82, 2.24) is 10.2 Å². The normalized spacial score (nSPS) is 10.2. The van der Waals surface area contributed by atoms with Crippen molar-refractivity contribution in [2.45, 2.75) is 20.3 Å². The van der Waals surface area contributed by atoms with Crippen LogP contribution in [0, 0.1) is 5.92 Å². The fourth-order valence-corrected chi connectivity index (χ4v) is 1.64. The molecule has 0 fully saturated rings. The number of urea groups is 1. The van der Waals surface area contributed by atoms with E-state index in [1.165, 1.54) is 4.90 Å². The summed E-state index contributed by atoms with van der Waals surface area (Å²) >= 11 is 0. The number of carbonyl (C=O) groups is 2. The van der Waals surface area contributed by atoms with Gasteiger partial charge in [-0.25, -0.2) is 4.79 Å². The molecule has 0 bridgehead atoms. The molecule has 5 nitrogen and oxygen atoms in total. The van der Waals surface area contributed by atoms with Gasteiger partial charge in [0.15, 0.2) is 0 Å². The van der Waals surface area contributed by atoms with Gasteiger partial charge < -0.3 is 15.5 Å². The van der Waals surface area contributed by atoms with Gasteiger partial charge in [0, 0.05) is 31.9 Å². The number of anilines is 1. The van der Waals surface area contributed by atoms with Crippen LogP contribution in [0.3, 0.4) is 0 Å². The molecule has 0 aliphatic heterocycles. The van der Waals surface area contributed by atoms with Crippen LogP contribution >= 0.6 is 0 Å². The van der Waals surface area contributed by atoms with Gasteiger partial charge >= 0.3 is 6.03 Å². The van der Waals surface area contributed by atoms with E-state index >= 15 is 0 Å². The Morgan fingerprint density at radius 3 is 2.55 bits per heavy atom. The summed E-state index contributed by atoms with van der Waals surface area (Å²) in [5.74, 6) is 0.463. The second-order valence-corrected chi connectivity index (χ2v) is 5.34. The Kier molecular flexibility index (Phi) is 6.03. The van der Waals surface area contributed by atoms with Crippen LogP contribution in [0.5, 0.6) is 0 Å². The van der Waals surface area contributed by atoms with Crippen LogP contribution in [-0.2, 0) is 0 Å². The number of benzene rings is 1. The summed E-state index contributed by atoms with van der Waals surface area (Å²) in [6, 6.07) is 6.66. The summed E-state index contributed by atoms with van der Waals surface area (Å²) in [6.07, 6.45) is 0.937. The molecule has 5 heteroatoms. The molecule has 0 saturated heterocycles. The number of nitrogens with one attached hydrogen (secondary N) is 2. The van der Waals surface area contributed by atoms with E-state index in [0.29, 0.717) is 23.7 Å².